The van der Waals surface area contributed by atoms with Crippen LogP contribution in [0.3, 0.4) is 0 Å². The summed E-state index contributed by atoms with van der Waals surface area (Å²) in [5, 5.41) is 17.4. The maximum absolute atomic E-state index is 13.4. The highest BCUT2D eigenvalue weighted by Crippen LogP contribution is 2.37. The Balaban J connectivity index is 1.70. The van der Waals surface area contributed by atoms with Gasteiger partial charge in [-0.2, -0.15) is 23.5 Å². The van der Waals surface area contributed by atoms with Gasteiger partial charge >= 0.3 is 6.18 Å². The molecule has 1 fully saturated rings. The van der Waals surface area contributed by atoms with Gasteiger partial charge in [-0.3, -0.25) is 14.4 Å². The molecule has 0 amide bonds. The number of ether oxygens (including phenoxy) is 1. The molecular formula is C22H23F3N6O2. The largest absolute Gasteiger partial charge is 0.408 e. The van der Waals surface area contributed by atoms with Crippen molar-refractivity contribution in [2.75, 3.05) is 32.6 Å². The third kappa shape index (κ3) is 4.44. The Hall–Kier alpha value is -3.36. The normalized spacial score (nSPS) is 20.0. The van der Waals surface area contributed by atoms with Crippen LogP contribution in [0.15, 0.2) is 41.3 Å². The molecule has 4 rings (SSSR count). The molecule has 1 aliphatic heterocycles. The summed E-state index contributed by atoms with van der Waals surface area (Å²) in [5.41, 5.74) is 0.749. The number of halogens is 3. The van der Waals surface area contributed by atoms with E-state index in [1.54, 1.807) is 10.7 Å². The van der Waals surface area contributed by atoms with E-state index in [2.05, 4.69) is 21.5 Å². The zero-order valence-electron chi connectivity index (χ0n) is 18.1. The lowest BCUT2D eigenvalue weighted by Gasteiger charge is -2.27. The number of nitrogens with zero attached hydrogens (tertiary/aromatic N) is 4. The third-order valence-electron chi connectivity index (χ3n) is 5.75. The van der Waals surface area contributed by atoms with Gasteiger partial charge in [0.25, 0.3) is 5.56 Å². The van der Waals surface area contributed by atoms with E-state index in [1.165, 1.54) is 44.6 Å². The van der Waals surface area contributed by atoms with E-state index in [-0.39, 0.29) is 28.9 Å². The van der Waals surface area contributed by atoms with Gasteiger partial charge in [0.15, 0.2) is 5.82 Å². The van der Waals surface area contributed by atoms with Crippen LogP contribution in [0.4, 0.5) is 24.7 Å². The molecular weight excluding hydrogens is 437 g/mol. The van der Waals surface area contributed by atoms with Crippen molar-refractivity contribution in [3.05, 3.63) is 52.4 Å². The predicted octanol–water partition coefficient (Wildman–Crippen LogP) is 3.73. The third-order valence-corrected chi connectivity index (χ3v) is 5.75. The number of hydrogen-bond donors (Lipinski definition) is 2. The molecule has 3 heterocycles. The molecule has 2 N–H and O–H groups in total. The summed E-state index contributed by atoms with van der Waals surface area (Å²) in [4.78, 5) is 16.3. The summed E-state index contributed by atoms with van der Waals surface area (Å²) in [6.07, 6.45) is -2.35. The number of nitrogens with one attached hydrogen (secondary N) is 2. The number of anilines is 2. The molecule has 0 saturated carbocycles. The quantitative estimate of drug-likeness (QED) is 0.602. The lowest BCUT2D eigenvalue weighted by atomic mass is 9.96. The van der Waals surface area contributed by atoms with Gasteiger partial charge in [0.2, 0.25) is 0 Å². The molecule has 0 radical (unpaired) electrons. The number of benzene rings is 1. The molecule has 174 valence electrons. The average Bonchev–Trinajstić information content (AvgIpc) is 3.13. The van der Waals surface area contributed by atoms with Crippen molar-refractivity contribution in [2.24, 2.45) is 5.92 Å². The Morgan fingerprint density at radius 2 is 2.03 bits per heavy atom. The van der Waals surface area contributed by atoms with Gasteiger partial charge in [-0.05, 0) is 44.3 Å². The van der Waals surface area contributed by atoms with E-state index in [1.807, 2.05) is 0 Å². The summed E-state index contributed by atoms with van der Waals surface area (Å²) in [6, 6.07) is 7.71. The van der Waals surface area contributed by atoms with Crippen LogP contribution in [0.2, 0.25) is 0 Å². The van der Waals surface area contributed by atoms with Crippen LogP contribution in [0.25, 0.3) is 10.9 Å². The fraction of sp³-hybridized carbons (Fsp3) is 0.409. The highest BCUT2D eigenvalue weighted by atomic mass is 19.4. The zero-order chi connectivity index (χ0) is 23.8. The van der Waals surface area contributed by atoms with Crippen molar-refractivity contribution in [1.82, 2.24) is 19.7 Å². The highest BCUT2D eigenvalue weighted by molar-refractivity contribution is 5.91. The Labute approximate surface area is 187 Å². The molecule has 3 aromatic rings. The van der Waals surface area contributed by atoms with Crippen molar-refractivity contribution in [3.63, 3.8) is 0 Å². The van der Waals surface area contributed by atoms with Crippen molar-refractivity contribution in [1.29, 1.82) is 5.26 Å². The van der Waals surface area contributed by atoms with E-state index in [9.17, 15) is 23.2 Å². The van der Waals surface area contributed by atoms with Gasteiger partial charge in [0.1, 0.15) is 11.4 Å². The van der Waals surface area contributed by atoms with Crippen LogP contribution in [-0.4, -0.2) is 53.1 Å². The molecule has 1 aromatic carbocycles. The molecule has 3 atom stereocenters. The maximum atomic E-state index is 13.4. The molecule has 0 aliphatic carbocycles. The highest BCUT2D eigenvalue weighted by Gasteiger charge is 2.42. The van der Waals surface area contributed by atoms with Gasteiger partial charge in [0.05, 0.1) is 30.2 Å². The van der Waals surface area contributed by atoms with Crippen LogP contribution in [0, 0.1) is 17.2 Å². The molecule has 33 heavy (non-hydrogen) atoms. The van der Waals surface area contributed by atoms with Gasteiger partial charge in [-0.25, -0.2) is 0 Å². The van der Waals surface area contributed by atoms with Gasteiger partial charge in [-0.1, -0.05) is 12.1 Å². The number of nitriles is 1. The van der Waals surface area contributed by atoms with E-state index in [0.717, 1.165) is 4.90 Å². The smallest absolute Gasteiger partial charge is 0.379 e. The van der Waals surface area contributed by atoms with Crippen LogP contribution in [0.5, 0.6) is 0 Å². The van der Waals surface area contributed by atoms with E-state index >= 15 is 0 Å². The number of rotatable bonds is 5. The standard InChI is InChI=1S/C22H23F3N6O2/c1-30(2)19(22(23,24)25)13-3-5-15(6-4-13)28-20-18-16(7-9-27-21(18)32)31(29-20)17-12-33-10-8-14(17)11-26/h3-7,9,14,17,19H,8,10,12H2,1-2H3,(H,27,32)(H,28,29)/t14?,17-,19?/m0/s1. The first-order valence-electron chi connectivity index (χ1n) is 10.4. The molecule has 8 nitrogen and oxygen atoms in total. The Bertz CT molecular complexity index is 1230. The number of aromatic amines is 1. The zero-order valence-corrected chi connectivity index (χ0v) is 18.1. The Kier molecular flexibility index (Phi) is 6.14. The first-order valence-corrected chi connectivity index (χ1v) is 10.4. The van der Waals surface area contributed by atoms with Crippen LogP contribution in [0.1, 0.15) is 24.1 Å². The van der Waals surface area contributed by atoms with Gasteiger partial charge in [0, 0.05) is 18.5 Å². The van der Waals surface area contributed by atoms with Crippen LogP contribution >= 0.6 is 0 Å². The SMILES string of the molecule is CN(C)C(c1ccc(Nc2nn([C@H]3COCCC3C#N)c3cc[nH]c(=O)c23)cc1)C(F)(F)F. The lowest BCUT2D eigenvalue weighted by molar-refractivity contribution is -0.179. The fourth-order valence-electron chi connectivity index (χ4n) is 4.22. The van der Waals surface area contributed by atoms with Gasteiger partial charge in [-0.15, -0.1) is 0 Å². The van der Waals surface area contributed by atoms with Crippen molar-refractivity contribution in [2.45, 2.75) is 24.7 Å². The lowest BCUT2D eigenvalue weighted by Crippen LogP contribution is -2.33. The first-order chi connectivity index (χ1) is 15.7. The minimum atomic E-state index is -4.42. The minimum Gasteiger partial charge on any atom is -0.379 e. The number of pyridine rings is 1. The van der Waals surface area contributed by atoms with E-state index in [0.29, 0.717) is 36.2 Å². The fourth-order valence-corrected chi connectivity index (χ4v) is 4.22. The van der Waals surface area contributed by atoms with Gasteiger partial charge < -0.3 is 15.0 Å². The monoisotopic (exact) mass is 460 g/mol. The van der Waals surface area contributed by atoms with E-state index < -0.39 is 12.2 Å². The van der Waals surface area contributed by atoms with Crippen LogP contribution < -0.4 is 10.9 Å². The Morgan fingerprint density at radius 3 is 2.67 bits per heavy atom. The van der Waals surface area contributed by atoms with Crippen molar-refractivity contribution in [3.8, 4) is 6.07 Å². The molecule has 0 spiro atoms. The van der Waals surface area contributed by atoms with Crippen molar-refractivity contribution >= 4 is 22.4 Å². The van der Waals surface area contributed by atoms with Crippen LogP contribution in [-0.2, 0) is 4.74 Å². The summed E-state index contributed by atoms with van der Waals surface area (Å²) in [5.74, 6) is -0.0690. The summed E-state index contributed by atoms with van der Waals surface area (Å²) in [7, 11) is 2.75. The number of hydrogen-bond acceptors (Lipinski definition) is 6. The molecule has 1 saturated heterocycles. The molecule has 1 aliphatic rings. The number of fused-ring (bicyclic) bond motifs is 1. The maximum Gasteiger partial charge on any atom is 0.408 e. The second-order valence-electron chi connectivity index (χ2n) is 8.18. The van der Waals surface area contributed by atoms with Crippen molar-refractivity contribution < 1.29 is 17.9 Å². The second-order valence-corrected chi connectivity index (χ2v) is 8.18. The average molecular weight is 460 g/mol. The second kappa shape index (κ2) is 8.88. The molecule has 0 bridgehead atoms. The minimum absolute atomic E-state index is 0.0995. The number of H-pyrrole nitrogens is 1. The molecule has 2 unspecified atom stereocenters. The molecule has 11 heteroatoms. The van der Waals surface area contributed by atoms with E-state index in [4.69, 9.17) is 4.74 Å². The number of aromatic nitrogens is 3. The number of alkyl halides is 3. The summed E-state index contributed by atoms with van der Waals surface area (Å²) in [6.45, 7) is 0.775. The first kappa shape index (κ1) is 22.8. The topological polar surface area (TPSA) is 99.0 Å². The predicted molar refractivity (Wildman–Crippen MR) is 116 cm³/mol. The summed E-state index contributed by atoms with van der Waals surface area (Å²) < 4.78 is 47.4. The molecule has 2 aromatic heterocycles. The summed E-state index contributed by atoms with van der Waals surface area (Å²) >= 11 is 0. The Morgan fingerprint density at radius 1 is 1.30 bits per heavy atom.